The summed E-state index contributed by atoms with van der Waals surface area (Å²) in [6.45, 7) is 5.09. The van der Waals surface area contributed by atoms with E-state index in [9.17, 15) is 9.59 Å². The van der Waals surface area contributed by atoms with E-state index in [1.165, 1.54) is 11.2 Å². The average molecular weight is 296 g/mol. The van der Waals surface area contributed by atoms with Crippen molar-refractivity contribution in [3.8, 4) is 0 Å². The fourth-order valence-electron chi connectivity index (χ4n) is 1.88. The Morgan fingerprint density at radius 3 is 2.71 bits per heavy atom. The van der Waals surface area contributed by atoms with Crippen LogP contribution in [0, 0.1) is 0 Å². The van der Waals surface area contributed by atoms with Gasteiger partial charge < -0.3 is 20.1 Å². The molecule has 0 atom stereocenters. The number of rotatable bonds is 9. The standard InChI is InChI=1S/C14H24N4O3/c1-3-5-6-7-9-18(14(20)15-4-2)11-13(19)16-12-8-10-21-17-12/h8,10H,3-7,9,11H2,1-2H3,(H,15,20)(H,16,17,19). The highest BCUT2D eigenvalue weighted by Crippen LogP contribution is 2.04. The molecule has 0 aliphatic rings. The third-order valence-corrected chi connectivity index (χ3v) is 2.94. The molecule has 0 aliphatic heterocycles. The van der Waals surface area contributed by atoms with Gasteiger partial charge in [0.2, 0.25) is 5.91 Å². The lowest BCUT2D eigenvalue weighted by Gasteiger charge is -2.22. The number of nitrogens with one attached hydrogen (secondary N) is 2. The number of aromatic nitrogens is 1. The molecule has 0 saturated carbocycles. The monoisotopic (exact) mass is 296 g/mol. The van der Waals surface area contributed by atoms with Gasteiger partial charge >= 0.3 is 6.03 Å². The van der Waals surface area contributed by atoms with Gasteiger partial charge in [-0.1, -0.05) is 31.3 Å². The van der Waals surface area contributed by atoms with Gasteiger partial charge in [0.15, 0.2) is 5.82 Å². The van der Waals surface area contributed by atoms with Gasteiger partial charge in [-0.05, 0) is 13.3 Å². The molecule has 7 heteroatoms. The van der Waals surface area contributed by atoms with Crippen molar-refractivity contribution >= 4 is 17.8 Å². The highest BCUT2D eigenvalue weighted by atomic mass is 16.5. The summed E-state index contributed by atoms with van der Waals surface area (Å²) in [7, 11) is 0. The SMILES string of the molecule is CCCCCCN(CC(=O)Nc1ccon1)C(=O)NCC. The van der Waals surface area contributed by atoms with Gasteiger partial charge in [0, 0.05) is 19.2 Å². The second-order valence-electron chi connectivity index (χ2n) is 4.75. The van der Waals surface area contributed by atoms with Crippen molar-refractivity contribution in [1.82, 2.24) is 15.4 Å². The molecule has 0 aliphatic carbocycles. The molecule has 21 heavy (non-hydrogen) atoms. The highest BCUT2D eigenvalue weighted by molar-refractivity contribution is 5.93. The molecule has 1 rings (SSSR count). The molecular weight excluding hydrogens is 272 g/mol. The van der Waals surface area contributed by atoms with Gasteiger partial charge in [-0.15, -0.1) is 0 Å². The molecule has 1 aromatic rings. The summed E-state index contributed by atoms with van der Waals surface area (Å²) >= 11 is 0. The van der Waals surface area contributed by atoms with E-state index in [0.717, 1.165) is 25.7 Å². The van der Waals surface area contributed by atoms with Crippen LogP contribution in [0.2, 0.25) is 0 Å². The van der Waals surface area contributed by atoms with Crippen molar-refractivity contribution < 1.29 is 14.1 Å². The molecule has 3 amide bonds. The lowest BCUT2D eigenvalue weighted by atomic mass is 10.2. The van der Waals surface area contributed by atoms with Crippen molar-refractivity contribution in [1.29, 1.82) is 0 Å². The smallest absolute Gasteiger partial charge is 0.317 e. The number of carbonyl (C=O) groups is 2. The molecule has 7 nitrogen and oxygen atoms in total. The molecule has 118 valence electrons. The minimum absolute atomic E-state index is 0.00478. The normalized spacial score (nSPS) is 10.2. The first-order chi connectivity index (χ1) is 10.2. The van der Waals surface area contributed by atoms with E-state index in [4.69, 9.17) is 0 Å². The summed E-state index contributed by atoms with van der Waals surface area (Å²) < 4.78 is 4.64. The van der Waals surface area contributed by atoms with E-state index in [-0.39, 0.29) is 18.5 Å². The zero-order valence-electron chi connectivity index (χ0n) is 12.7. The van der Waals surface area contributed by atoms with Gasteiger partial charge in [0.25, 0.3) is 0 Å². The van der Waals surface area contributed by atoms with Crippen LogP contribution in [0.4, 0.5) is 10.6 Å². The van der Waals surface area contributed by atoms with Crippen LogP contribution in [0.25, 0.3) is 0 Å². The second kappa shape index (κ2) is 9.79. The summed E-state index contributed by atoms with van der Waals surface area (Å²) in [6, 6.07) is 1.33. The first-order valence-electron chi connectivity index (χ1n) is 7.40. The Morgan fingerprint density at radius 1 is 1.29 bits per heavy atom. The highest BCUT2D eigenvalue weighted by Gasteiger charge is 2.16. The van der Waals surface area contributed by atoms with E-state index in [0.29, 0.717) is 18.9 Å². The summed E-state index contributed by atoms with van der Waals surface area (Å²) in [5, 5.41) is 8.91. The van der Waals surface area contributed by atoms with Gasteiger partial charge in [-0.25, -0.2) is 4.79 Å². The summed E-state index contributed by atoms with van der Waals surface area (Å²) in [6.07, 6.45) is 5.59. The first-order valence-corrected chi connectivity index (χ1v) is 7.40. The topological polar surface area (TPSA) is 87.5 Å². The number of carbonyl (C=O) groups excluding carboxylic acids is 2. The largest absolute Gasteiger partial charge is 0.363 e. The molecule has 0 radical (unpaired) electrons. The lowest BCUT2D eigenvalue weighted by molar-refractivity contribution is -0.116. The summed E-state index contributed by atoms with van der Waals surface area (Å²) in [5.41, 5.74) is 0. The Morgan fingerprint density at radius 2 is 2.10 bits per heavy atom. The molecule has 0 aromatic carbocycles. The zero-order chi connectivity index (χ0) is 15.5. The number of amides is 3. The fourth-order valence-corrected chi connectivity index (χ4v) is 1.88. The van der Waals surface area contributed by atoms with E-state index >= 15 is 0 Å². The van der Waals surface area contributed by atoms with Crippen LogP contribution in [0.5, 0.6) is 0 Å². The molecule has 0 spiro atoms. The maximum Gasteiger partial charge on any atom is 0.317 e. The van der Waals surface area contributed by atoms with Gasteiger partial charge in [0.05, 0.1) is 0 Å². The number of urea groups is 1. The minimum Gasteiger partial charge on any atom is -0.363 e. The Hall–Kier alpha value is -2.05. The van der Waals surface area contributed by atoms with Crippen molar-refractivity contribution in [2.75, 3.05) is 25.0 Å². The molecule has 1 aromatic heterocycles. The van der Waals surface area contributed by atoms with E-state index in [1.807, 2.05) is 6.92 Å². The Labute approximate surface area is 125 Å². The Balaban J connectivity index is 2.46. The quantitative estimate of drug-likeness (QED) is 0.684. The van der Waals surface area contributed by atoms with Gasteiger partial charge in [0.1, 0.15) is 12.8 Å². The number of unbranched alkanes of at least 4 members (excludes halogenated alkanes) is 3. The average Bonchev–Trinajstić information content (AvgIpc) is 2.95. The minimum atomic E-state index is -0.286. The van der Waals surface area contributed by atoms with Crippen molar-refractivity contribution in [2.24, 2.45) is 0 Å². The van der Waals surface area contributed by atoms with Crippen LogP contribution in [0.15, 0.2) is 16.9 Å². The Bertz CT molecular complexity index is 420. The molecule has 0 fully saturated rings. The number of nitrogens with zero attached hydrogens (tertiary/aromatic N) is 2. The third-order valence-electron chi connectivity index (χ3n) is 2.94. The van der Waals surface area contributed by atoms with Crippen LogP contribution in [-0.2, 0) is 4.79 Å². The first kappa shape index (κ1) is 17.0. The van der Waals surface area contributed by atoms with E-state index in [2.05, 4.69) is 27.2 Å². The Kier molecular flexibility index (Phi) is 7.93. The number of anilines is 1. The second-order valence-corrected chi connectivity index (χ2v) is 4.75. The maximum atomic E-state index is 11.9. The number of hydrogen-bond acceptors (Lipinski definition) is 4. The molecule has 0 bridgehead atoms. The summed E-state index contributed by atoms with van der Waals surface area (Å²) in [5.74, 6) is 0.0625. The lowest BCUT2D eigenvalue weighted by Crippen LogP contribution is -2.44. The van der Waals surface area contributed by atoms with Gasteiger partial charge in [-0.2, -0.15) is 0 Å². The van der Waals surface area contributed by atoms with Crippen molar-refractivity contribution in [3.05, 3.63) is 12.3 Å². The van der Waals surface area contributed by atoms with Crippen LogP contribution >= 0.6 is 0 Å². The predicted octanol–water partition coefficient (Wildman–Crippen LogP) is 2.22. The molecule has 1 heterocycles. The summed E-state index contributed by atoms with van der Waals surface area (Å²) in [4.78, 5) is 25.4. The zero-order valence-corrected chi connectivity index (χ0v) is 12.7. The van der Waals surface area contributed by atoms with E-state index in [1.54, 1.807) is 6.07 Å². The number of hydrogen-bond donors (Lipinski definition) is 2. The maximum absolute atomic E-state index is 11.9. The van der Waals surface area contributed by atoms with E-state index < -0.39 is 0 Å². The van der Waals surface area contributed by atoms with Crippen molar-refractivity contribution in [2.45, 2.75) is 39.5 Å². The van der Waals surface area contributed by atoms with Crippen LogP contribution in [-0.4, -0.2) is 41.6 Å². The van der Waals surface area contributed by atoms with Crippen LogP contribution in [0.1, 0.15) is 39.5 Å². The predicted molar refractivity (Wildman–Crippen MR) is 79.9 cm³/mol. The van der Waals surface area contributed by atoms with Crippen LogP contribution in [0.3, 0.4) is 0 Å². The molecule has 0 unspecified atom stereocenters. The molecule has 2 N–H and O–H groups in total. The molecular formula is C14H24N4O3. The van der Waals surface area contributed by atoms with Crippen LogP contribution < -0.4 is 10.6 Å². The van der Waals surface area contributed by atoms with Gasteiger partial charge in [-0.3, -0.25) is 4.79 Å². The molecule has 0 saturated heterocycles. The van der Waals surface area contributed by atoms with Crippen molar-refractivity contribution in [3.63, 3.8) is 0 Å². The fraction of sp³-hybridized carbons (Fsp3) is 0.643. The third kappa shape index (κ3) is 6.78.